The Hall–Kier alpha value is -1.75. The summed E-state index contributed by atoms with van der Waals surface area (Å²) < 4.78 is 6.02. The van der Waals surface area contributed by atoms with E-state index in [1.807, 2.05) is 29.2 Å². The maximum atomic E-state index is 10.9. The van der Waals surface area contributed by atoms with Gasteiger partial charge in [-0.2, -0.15) is 0 Å². The summed E-state index contributed by atoms with van der Waals surface area (Å²) in [5.41, 5.74) is 7.48. The Labute approximate surface area is 125 Å². The molecule has 0 aromatic heterocycles. The Morgan fingerprint density at radius 3 is 2.76 bits per heavy atom. The zero-order chi connectivity index (χ0) is 15.5. The van der Waals surface area contributed by atoms with E-state index < -0.39 is 5.97 Å². The summed E-state index contributed by atoms with van der Waals surface area (Å²) in [6, 6.07) is 7.56. The molecule has 5 heteroatoms. The zero-order valence-electron chi connectivity index (χ0n) is 12.7. The molecule has 0 saturated carbocycles. The first kappa shape index (κ1) is 15.6. The average Bonchev–Trinajstić information content (AvgIpc) is 2.74. The van der Waals surface area contributed by atoms with Crippen LogP contribution in [0, 0.1) is 0 Å². The van der Waals surface area contributed by atoms with Gasteiger partial charge in [0.25, 0.3) is 0 Å². The summed E-state index contributed by atoms with van der Waals surface area (Å²) in [5, 5.41) is 8.93. The fraction of sp³-hybridized carbons (Fsp3) is 0.562. The highest BCUT2D eigenvalue weighted by Crippen LogP contribution is 2.31. The lowest BCUT2D eigenvalue weighted by atomic mass is 10.1. The number of rotatable bonds is 6. The first-order valence-corrected chi connectivity index (χ1v) is 7.36. The lowest BCUT2D eigenvalue weighted by Gasteiger charge is -2.29. The third-order valence-electron chi connectivity index (χ3n) is 3.85. The maximum absolute atomic E-state index is 10.9. The Morgan fingerprint density at radius 1 is 1.48 bits per heavy atom. The smallest absolute Gasteiger partial charge is 0.305 e. The second-order valence-corrected chi connectivity index (χ2v) is 6.19. The normalized spacial score (nSPS) is 20.4. The maximum Gasteiger partial charge on any atom is 0.305 e. The first-order chi connectivity index (χ1) is 9.87. The molecule has 1 unspecified atom stereocenters. The van der Waals surface area contributed by atoms with Crippen molar-refractivity contribution >= 4 is 17.3 Å². The number of hydrogen-bond acceptors (Lipinski definition) is 4. The lowest BCUT2D eigenvalue weighted by Crippen LogP contribution is -2.35. The summed E-state index contributed by atoms with van der Waals surface area (Å²) in [6.07, 6.45) is 2.22. The molecule has 1 fully saturated rings. The number of benzene rings is 1. The van der Waals surface area contributed by atoms with Crippen molar-refractivity contribution in [2.75, 3.05) is 23.7 Å². The highest BCUT2D eigenvalue weighted by atomic mass is 16.5. The van der Waals surface area contributed by atoms with Crippen LogP contribution in [-0.4, -0.2) is 35.9 Å². The van der Waals surface area contributed by atoms with Crippen molar-refractivity contribution in [2.45, 2.75) is 44.8 Å². The summed E-state index contributed by atoms with van der Waals surface area (Å²) in [7, 11) is 0. The minimum absolute atomic E-state index is 0.0877. The number of carboxylic acids is 1. The van der Waals surface area contributed by atoms with Crippen molar-refractivity contribution in [1.29, 1.82) is 0 Å². The molecule has 2 rings (SSSR count). The van der Waals surface area contributed by atoms with Crippen LogP contribution in [0.15, 0.2) is 24.3 Å². The molecule has 21 heavy (non-hydrogen) atoms. The highest BCUT2D eigenvalue weighted by Gasteiger charge is 2.32. The topological polar surface area (TPSA) is 75.8 Å². The molecule has 5 nitrogen and oxygen atoms in total. The van der Waals surface area contributed by atoms with Gasteiger partial charge < -0.3 is 20.5 Å². The van der Waals surface area contributed by atoms with Crippen molar-refractivity contribution < 1.29 is 14.6 Å². The number of nitrogens with two attached hydrogens (primary N) is 1. The quantitative estimate of drug-likeness (QED) is 0.788. The molecule has 0 aliphatic carbocycles. The van der Waals surface area contributed by atoms with Gasteiger partial charge in [-0.25, -0.2) is 0 Å². The van der Waals surface area contributed by atoms with Crippen LogP contribution in [0.5, 0.6) is 0 Å². The molecule has 1 saturated heterocycles. The van der Waals surface area contributed by atoms with E-state index in [1.54, 1.807) is 0 Å². The molecule has 0 spiro atoms. The van der Waals surface area contributed by atoms with E-state index in [1.165, 1.54) is 0 Å². The fourth-order valence-electron chi connectivity index (χ4n) is 2.77. The van der Waals surface area contributed by atoms with Gasteiger partial charge in [0.2, 0.25) is 0 Å². The standard InChI is InChI=1S/C16H24N2O3/c1-16(2)9-7-12(21-16)11-18(10-8-15(19)20)14-6-4-3-5-13(14)17/h3-6,12H,7-11,17H2,1-2H3,(H,19,20). The molecule has 0 bridgehead atoms. The summed E-state index contributed by atoms with van der Waals surface area (Å²) in [6.45, 7) is 5.28. The number of carbonyl (C=O) groups is 1. The van der Waals surface area contributed by atoms with Crippen molar-refractivity contribution in [3.63, 3.8) is 0 Å². The molecule has 1 aliphatic heterocycles. The molecule has 1 aliphatic rings. The van der Waals surface area contributed by atoms with E-state index in [0.717, 1.165) is 18.5 Å². The molecule has 1 atom stereocenters. The van der Waals surface area contributed by atoms with Crippen LogP contribution in [0.1, 0.15) is 33.1 Å². The molecule has 0 radical (unpaired) electrons. The van der Waals surface area contributed by atoms with Crippen LogP contribution in [0.2, 0.25) is 0 Å². The zero-order valence-corrected chi connectivity index (χ0v) is 12.7. The van der Waals surface area contributed by atoms with Crippen LogP contribution < -0.4 is 10.6 Å². The van der Waals surface area contributed by atoms with Gasteiger partial charge in [-0.1, -0.05) is 12.1 Å². The second-order valence-electron chi connectivity index (χ2n) is 6.19. The van der Waals surface area contributed by atoms with Crippen LogP contribution in [0.3, 0.4) is 0 Å². The lowest BCUT2D eigenvalue weighted by molar-refractivity contribution is -0.136. The summed E-state index contributed by atoms with van der Waals surface area (Å²) in [5.74, 6) is -0.804. The van der Waals surface area contributed by atoms with E-state index in [2.05, 4.69) is 13.8 Å². The largest absolute Gasteiger partial charge is 0.481 e. The number of aliphatic carboxylic acids is 1. The van der Waals surface area contributed by atoms with Crippen molar-refractivity contribution in [3.05, 3.63) is 24.3 Å². The predicted molar refractivity (Wildman–Crippen MR) is 83.5 cm³/mol. The third kappa shape index (κ3) is 4.36. The number of nitrogens with zero attached hydrogens (tertiary/aromatic N) is 1. The van der Waals surface area contributed by atoms with E-state index in [9.17, 15) is 4.79 Å². The Balaban J connectivity index is 2.09. The van der Waals surface area contributed by atoms with E-state index >= 15 is 0 Å². The highest BCUT2D eigenvalue weighted by molar-refractivity contribution is 5.70. The third-order valence-corrected chi connectivity index (χ3v) is 3.85. The van der Waals surface area contributed by atoms with Crippen LogP contribution in [0.25, 0.3) is 0 Å². The van der Waals surface area contributed by atoms with Crippen LogP contribution in [0.4, 0.5) is 11.4 Å². The minimum atomic E-state index is -0.804. The van der Waals surface area contributed by atoms with Gasteiger partial charge in [-0.05, 0) is 38.8 Å². The Morgan fingerprint density at radius 2 is 2.19 bits per heavy atom. The SMILES string of the molecule is CC1(C)CCC(CN(CCC(=O)O)c2ccccc2N)O1. The van der Waals surface area contributed by atoms with Crippen molar-refractivity contribution in [1.82, 2.24) is 0 Å². The fourth-order valence-corrected chi connectivity index (χ4v) is 2.77. The number of hydrogen-bond donors (Lipinski definition) is 2. The molecule has 3 N–H and O–H groups in total. The van der Waals surface area contributed by atoms with Crippen LogP contribution >= 0.6 is 0 Å². The molecule has 1 aromatic carbocycles. The molecule has 1 heterocycles. The predicted octanol–water partition coefficient (Wildman–Crippen LogP) is 2.51. The molecule has 116 valence electrons. The minimum Gasteiger partial charge on any atom is -0.481 e. The Bertz CT molecular complexity index is 502. The molecule has 0 amide bonds. The van der Waals surface area contributed by atoms with Gasteiger partial charge in [0.1, 0.15) is 0 Å². The Kier molecular flexibility index (Phi) is 4.73. The average molecular weight is 292 g/mol. The van der Waals surface area contributed by atoms with Gasteiger partial charge in [-0.15, -0.1) is 0 Å². The molecule has 1 aromatic rings. The van der Waals surface area contributed by atoms with Gasteiger partial charge in [0, 0.05) is 13.1 Å². The van der Waals surface area contributed by atoms with Gasteiger partial charge in [-0.3, -0.25) is 4.79 Å². The monoisotopic (exact) mass is 292 g/mol. The summed E-state index contributed by atoms with van der Waals surface area (Å²) >= 11 is 0. The van der Waals surface area contributed by atoms with Gasteiger partial charge >= 0.3 is 5.97 Å². The van der Waals surface area contributed by atoms with Crippen molar-refractivity contribution in [2.24, 2.45) is 0 Å². The van der Waals surface area contributed by atoms with Gasteiger partial charge in [0.15, 0.2) is 0 Å². The van der Waals surface area contributed by atoms with Gasteiger partial charge in [0.05, 0.1) is 29.5 Å². The second kappa shape index (κ2) is 6.35. The first-order valence-electron chi connectivity index (χ1n) is 7.36. The van der Waals surface area contributed by atoms with E-state index in [4.69, 9.17) is 15.6 Å². The van der Waals surface area contributed by atoms with E-state index in [-0.39, 0.29) is 18.1 Å². The summed E-state index contributed by atoms with van der Waals surface area (Å²) in [4.78, 5) is 12.9. The number of nitrogen functional groups attached to an aromatic ring is 1. The van der Waals surface area contributed by atoms with Crippen molar-refractivity contribution in [3.8, 4) is 0 Å². The van der Waals surface area contributed by atoms with Crippen LogP contribution in [-0.2, 0) is 9.53 Å². The molecular weight excluding hydrogens is 268 g/mol. The number of carboxylic acid groups (broad SMARTS) is 1. The molecular formula is C16H24N2O3. The van der Waals surface area contributed by atoms with E-state index in [0.29, 0.717) is 18.8 Å². The number of para-hydroxylation sites is 2. The number of ether oxygens (including phenoxy) is 1. The number of anilines is 2.